The predicted molar refractivity (Wildman–Crippen MR) is 124 cm³/mol. The van der Waals surface area contributed by atoms with Crippen LogP contribution in [0.15, 0.2) is 72.3 Å². The van der Waals surface area contributed by atoms with Crippen LogP contribution in [0.5, 0.6) is 5.75 Å². The number of hydrogen-bond acceptors (Lipinski definition) is 6. The molecule has 0 fully saturated rings. The van der Waals surface area contributed by atoms with Crippen molar-refractivity contribution in [3.8, 4) is 17.1 Å². The van der Waals surface area contributed by atoms with Gasteiger partial charge in [-0.2, -0.15) is 0 Å². The van der Waals surface area contributed by atoms with Gasteiger partial charge in [-0.3, -0.25) is 4.79 Å². The Labute approximate surface area is 186 Å². The maximum Gasteiger partial charge on any atom is 0.347 e. The number of thiazole rings is 1. The van der Waals surface area contributed by atoms with Gasteiger partial charge in [0.2, 0.25) is 5.78 Å². The number of Topliss-reactive ketones (excluding diaryl/α,β-unsaturated/α-hetero) is 1. The van der Waals surface area contributed by atoms with Gasteiger partial charge in [-0.25, -0.2) is 14.8 Å². The molecule has 2 aromatic heterocycles. The van der Waals surface area contributed by atoms with E-state index in [2.05, 4.69) is 4.98 Å². The average molecular weight is 437 g/mol. The lowest BCUT2D eigenvalue weighted by Crippen LogP contribution is -2.25. The number of carbonyl (C=O) groups is 2. The van der Waals surface area contributed by atoms with E-state index in [1.807, 2.05) is 66.2 Å². The number of fused-ring (bicyclic) bond motifs is 3. The van der Waals surface area contributed by atoms with Gasteiger partial charge in [0.1, 0.15) is 22.2 Å². The maximum atomic E-state index is 13.1. The molecule has 1 aliphatic heterocycles. The van der Waals surface area contributed by atoms with E-state index in [1.165, 1.54) is 17.4 Å². The average Bonchev–Trinajstić information content (AvgIpc) is 3.34. The van der Waals surface area contributed by atoms with Crippen LogP contribution in [0.3, 0.4) is 0 Å². The van der Waals surface area contributed by atoms with Crippen molar-refractivity contribution < 1.29 is 14.3 Å². The molecule has 7 heteroatoms. The van der Waals surface area contributed by atoms with Crippen LogP contribution in [0.1, 0.15) is 15.4 Å². The van der Waals surface area contributed by atoms with E-state index in [0.29, 0.717) is 16.2 Å². The fourth-order valence-electron chi connectivity index (χ4n) is 3.91. The second kappa shape index (κ2) is 6.96. The number of benzene rings is 3. The van der Waals surface area contributed by atoms with Crippen LogP contribution in [0.25, 0.3) is 38.7 Å². The molecule has 3 aromatic carbocycles. The lowest BCUT2D eigenvalue weighted by Gasteiger charge is -2.17. The highest BCUT2D eigenvalue weighted by Crippen LogP contribution is 2.34. The van der Waals surface area contributed by atoms with E-state index in [9.17, 15) is 9.59 Å². The number of ether oxygens (including phenoxy) is 1. The van der Waals surface area contributed by atoms with Gasteiger partial charge in [0.05, 0.1) is 5.56 Å². The molecule has 5 aromatic rings. The molecule has 6 nitrogen and oxygen atoms in total. The van der Waals surface area contributed by atoms with Gasteiger partial charge in [-0.05, 0) is 29.0 Å². The van der Waals surface area contributed by atoms with Crippen molar-refractivity contribution in [2.45, 2.75) is 0 Å². The van der Waals surface area contributed by atoms with E-state index in [1.54, 1.807) is 12.1 Å². The Hall–Kier alpha value is -4.10. The summed E-state index contributed by atoms with van der Waals surface area (Å²) in [5.74, 6) is 0.0657. The Morgan fingerprint density at radius 3 is 2.41 bits per heavy atom. The van der Waals surface area contributed by atoms with Crippen molar-refractivity contribution in [1.29, 1.82) is 0 Å². The summed E-state index contributed by atoms with van der Waals surface area (Å²) in [6, 6.07) is 21.0. The van der Waals surface area contributed by atoms with Crippen LogP contribution in [0.4, 0.5) is 0 Å². The molecule has 0 radical (unpaired) electrons. The van der Waals surface area contributed by atoms with Gasteiger partial charge >= 0.3 is 5.97 Å². The van der Waals surface area contributed by atoms with Gasteiger partial charge in [0, 0.05) is 12.6 Å². The zero-order valence-corrected chi connectivity index (χ0v) is 17.7. The molecule has 154 valence electrons. The Kier molecular flexibility index (Phi) is 4.06. The third kappa shape index (κ3) is 2.86. The Morgan fingerprint density at radius 1 is 0.938 bits per heavy atom. The third-order valence-electron chi connectivity index (χ3n) is 5.51. The number of nitrogens with zero attached hydrogens (tertiary/aromatic N) is 3. The highest BCUT2D eigenvalue weighted by Gasteiger charge is 2.31. The quantitative estimate of drug-likeness (QED) is 0.168. The highest BCUT2D eigenvalue weighted by molar-refractivity contribution is 7.19. The van der Waals surface area contributed by atoms with E-state index in [0.717, 1.165) is 27.0 Å². The van der Waals surface area contributed by atoms with E-state index in [-0.39, 0.29) is 17.1 Å². The number of hydrogen-bond donors (Lipinski definition) is 0. The summed E-state index contributed by atoms with van der Waals surface area (Å²) < 4.78 is 7.39. The predicted octanol–water partition coefficient (Wildman–Crippen LogP) is 5.04. The van der Waals surface area contributed by atoms with E-state index in [4.69, 9.17) is 9.72 Å². The number of ketones is 1. The third-order valence-corrected chi connectivity index (χ3v) is 6.40. The Balaban J connectivity index is 1.41. The summed E-state index contributed by atoms with van der Waals surface area (Å²) in [5, 5.41) is 2.35. The Bertz CT molecular complexity index is 1600. The molecule has 0 aliphatic carbocycles. The summed E-state index contributed by atoms with van der Waals surface area (Å²) >= 11 is 1.33. The summed E-state index contributed by atoms with van der Waals surface area (Å²) in [4.78, 5) is 35.8. The van der Waals surface area contributed by atoms with Gasteiger partial charge < -0.3 is 9.30 Å². The second-order valence-corrected chi connectivity index (χ2v) is 8.52. The fourth-order valence-corrected chi connectivity index (χ4v) is 4.82. The van der Waals surface area contributed by atoms with Crippen LogP contribution in [0.2, 0.25) is 0 Å². The molecule has 0 saturated carbocycles. The van der Waals surface area contributed by atoms with Crippen LogP contribution < -0.4 is 4.74 Å². The lowest BCUT2D eigenvalue weighted by molar-refractivity contribution is -0.130. The largest absolute Gasteiger partial charge is 0.422 e. The monoisotopic (exact) mass is 437 g/mol. The molecular formula is C25H15N3O3S. The molecular weight excluding hydrogens is 422 g/mol. The number of rotatable bonds is 2. The summed E-state index contributed by atoms with van der Waals surface area (Å²) in [6.07, 6.45) is 1.50. The van der Waals surface area contributed by atoms with Crippen molar-refractivity contribution in [3.05, 3.63) is 82.9 Å². The first-order valence-corrected chi connectivity index (χ1v) is 10.8. The number of carbonyl (C=O) groups excluding carboxylic acids is 2. The summed E-state index contributed by atoms with van der Waals surface area (Å²) in [5.41, 5.74) is 2.04. The van der Waals surface area contributed by atoms with Crippen molar-refractivity contribution in [1.82, 2.24) is 14.5 Å². The van der Waals surface area contributed by atoms with Gasteiger partial charge in [0.15, 0.2) is 10.5 Å². The molecule has 0 unspecified atom stereocenters. The molecule has 6 rings (SSSR count). The van der Waals surface area contributed by atoms with Crippen molar-refractivity contribution in [2.75, 3.05) is 0 Å². The van der Waals surface area contributed by atoms with Crippen LogP contribution in [-0.2, 0) is 11.8 Å². The number of imidazole rings is 1. The fraction of sp³-hybridized carbons (Fsp3) is 0.0400. The number of esters is 1. The van der Waals surface area contributed by atoms with E-state index < -0.39 is 5.97 Å². The normalized spacial score (nSPS) is 14.8. The Morgan fingerprint density at radius 2 is 1.66 bits per heavy atom. The van der Waals surface area contributed by atoms with E-state index >= 15 is 0 Å². The minimum absolute atomic E-state index is 0.0323. The first-order chi connectivity index (χ1) is 15.6. The SMILES string of the molecule is Cn1c(-c2ccccc2)nc2sc(/C=C3\C(=O)Oc4cc5ccccc5cc4C3=O)nc21. The van der Waals surface area contributed by atoms with Crippen molar-refractivity contribution in [3.63, 3.8) is 0 Å². The summed E-state index contributed by atoms with van der Waals surface area (Å²) in [6.45, 7) is 0. The zero-order chi connectivity index (χ0) is 21.8. The smallest absolute Gasteiger partial charge is 0.347 e. The molecule has 0 spiro atoms. The molecule has 0 atom stereocenters. The van der Waals surface area contributed by atoms with Gasteiger partial charge in [-0.15, -0.1) is 0 Å². The molecule has 3 heterocycles. The van der Waals surface area contributed by atoms with Gasteiger partial charge in [-0.1, -0.05) is 65.9 Å². The minimum Gasteiger partial charge on any atom is -0.422 e. The lowest BCUT2D eigenvalue weighted by atomic mass is 9.96. The number of aryl methyl sites for hydroxylation is 1. The van der Waals surface area contributed by atoms with Crippen LogP contribution >= 0.6 is 11.3 Å². The summed E-state index contributed by atoms with van der Waals surface area (Å²) in [7, 11) is 1.90. The number of aromatic nitrogens is 3. The molecule has 1 aliphatic rings. The minimum atomic E-state index is -0.671. The van der Waals surface area contributed by atoms with Gasteiger partial charge in [0.25, 0.3) is 0 Å². The second-order valence-electron chi connectivity index (χ2n) is 7.51. The van der Waals surface area contributed by atoms with Crippen molar-refractivity contribution in [2.24, 2.45) is 7.05 Å². The van der Waals surface area contributed by atoms with Crippen LogP contribution in [-0.4, -0.2) is 26.3 Å². The molecule has 0 saturated heterocycles. The molecule has 0 N–H and O–H groups in total. The molecule has 0 bridgehead atoms. The molecule has 32 heavy (non-hydrogen) atoms. The first-order valence-electron chi connectivity index (χ1n) is 9.98. The standard InChI is InChI=1S/C25H15N3O3S/c1-28-22(14-7-3-2-4-8-14)27-24-23(28)26-20(32-24)13-18-21(29)17-11-15-9-5-6-10-16(15)12-19(17)31-25(18)30/h2-13H,1H3/b18-13-. The maximum absolute atomic E-state index is 13.1. The zero-order valence-electron chi connectivity index (χ0n) is 16.9. The highest BCUT2D eigenvalue weighted by atomic mass is 32.1. The first kappa shape index (κ1) is 18.7. The van der Waals surface area contributed by atoms with Crippen LogP contribution in [0, 0.1) is 0 Å². The molecule has 0 amide bonds. The topological polar surface area (TPSA) is 74.1 Å². The van der Waals surface area contributed by atoms with Crippen molar-refractivity contribution >= 4 is 50.4 Å².